The third-order valence-corrected chi connectivity index (χ3v) is 8.36. The Balaban J connectivity index is 1.50. The SMILES string of the molecule is COc1cccc(CCN(C(=O)Cc2c[nH]c3ccccc23)C(C(=O)CC2CCCCC2)c2ccc([N+](=O)[O-])cc2)c1. The Bertz CT molecular complexity index is 1540. The van der Waals surface area contributed by atoms with Gasteiger partial charge in [0.15, 0.2) is 5.78 Å². The topological polar surface area (TPSA) is 106 Å². The van der Waals surface area contributed by atoms with Gasteiger partial charge < -0.3 is 14.6 Å². The van der Waals surface area contributed by atoms with E-state index in [2.05, 4.69) is 4.98 Å². The van der Waals surface area contributed by atoms with E-state index in [4.69, 9.17) is 4.74 Å². The molecule has 1 saturated carbocycles. The number of Topliss-reactive ketones (excluding diaryl/α,β-unsaturated/α-hetero) is 1. The summed E-state index contributed by atoms with van der Waals surface area (Å²) in [5, 5.41) is 12.3. The average molecular weight is 568 g/mol. The Kier molecular flexibility index (Phi) is 9.31. The fourth-order valence-electron chi connectivity index (χ4n) is 6.12. The van der Waals surface area contributed by atoms with Crippen molar-refractivity contribution in [3.05, 3.63) is 106 Å². The van der Waals surface area contributed by atoms with E-state index in [-0.39, 0.29) is 29.7 Å². The monoisotopic (exact) mass is 567 g/mol. The second-order valence-electron chi connectivity index (χ2n) is 11.2. The number of carbonyl (C=O) groups excluding carboxylic acids is 2. The van der Waals surface area contributed by atoms with Crippen molar-refractivity contribution in [1.82, 2.24) is 9.88 Å². The molecule has 1 aliphatic rings. The van der Waals surface area contributed by atoms with E-state index in [1.807, 2.05) is 54.7 Å². The number of nitro groups is 1. The Morgan fingerprint density at radius 1 is 1.02 bits per heavy atom. The van der Waals surface area contributed by atoms with E-state index in [9.17, 15) is 19.7 Å². The van der Waals surface area contributed by atoms with Crippen molar-refractivity contribution >= 4 is 28.3 Å². The molecule has 42 heavy (non-hydrogen) atoms. The Hall–Kier alpha value is -4.46. The Morgan fingerprint density at radius 3 is 2.52 bits per heavy atom. The molecule has 8 nitrogen and oxygen atoms in total. The summed E-state index contributed by atoms with van der Waals surface area (Å²) in [6.45, 7) is 0.312. The smallest absolute Gasteiger partial charge is 0.269 e. The molecule has 0 saturated heterocycles. The zero-order valence-electron chi connectivity index (χ0n) is 24.0. The van der Waals surface area contributed by atoms with Crippen LogP contribution in [0.5, 0.6) is 5.75 Å². The number of hydrogen-bond acceptors (Lipinski definition) is 5. The number of H-pyrrole nitrogens is 1. The minimum Gasteiger partial charge on any atom is -0.497 e. The molecule has 1 N–H and O–H groups in total. The number of fused-ring (bicyclic) bond motifs is 1. The lowest BCUT2D eigenvalue weighted by Gasteiger charge is -2.33. The molecule has 1 fully saturated rings. The summed E-state index contributed by atoms with van der Waals surface area (Å²) in [5.74, 6) is 0.830. The molecule has 1 heterocycles. The van der Waals surface area contributed by atoms with Gasteiger partial charge in [-0.1, -0.05) is 62.4 Å². The number of carbonyl (C=O) groups is 2. The van der Waals surface area contributed by atoms with Crippen molar-refractivity contribution in [2.75, 3.05) is 13.7 Å². The molecule has 1 amide bonds. The number of ether oxygens (including phenoxy) is 1. The summed E-state index contributed by atoms with van der Waals surface area (Å²) in [7, 11) is 1.62. The molecule has 0 radical (unpaired) electrons. The minimum absolute atomic E-state index is 0.0197. The van der Waals surface area contributed by atoms with Gasteiger partial charge in [-0.25, -0.2) is 0 Å². The number of ketones is 1. The number of nitro benzene ring substituents is 1. The first-order valence-corrected chi connectivity index (χ1v) is 14.7. The highest BCUT2D eigenvalue weighted by Crippen LogP contribution is 2.33. The predicted molar refractivity (Wildman–Crippen MR) is 162 cm³/mol. The largest absolute Gasteiger partial charge is 0.497 e. The van der Waals surface area contributed by atoms with E-state index >= 15 is 0 Å². The quantitative estimate of drug-likeness (QED) is 0.147. The van der Waals surface area contributed by atoms with Crippen molar-refractivity contribution < 1.29 is 19.2 Å². The third-order valence-electron chi connectivity index (χ3n) is 8.36. The summed E-state index contributed by atoms with van der Waals surface area (Å²) in [4.78, 5) is 44.2. The van der Waals surface area contributed by atoms with E-state index < -0.39 is 11.0 Å². The van der Waals surface area contributed by atoms with Crippen LogP contribution >= 0.6 is 0 Å². The molecule has 218 valence electrons. The second-order valence-corrected chi connectivity index (χ2v) is 11.2. The number of hydrogen-bond donors (Lipinski definition) is 1. The molecule has 1 atom stereocenters. The van der Waals surface area contributed by atoms with Crippen molar-refractivity contribution in [3.8, 4) is 5.75 Å². The summed E-state index contributed by atoms with van der Waals surface area (Å²) in [6, 6.07) is 20.8. The highest BCUT2D eigenvalue weighted by molar-refractivity contribution is 5.93. The molecular formula is C34H37N3O5. The summed E-state index contributed by atoms with van der Waals surface area (Å²) in [5.41, 5.74) is 3.35. The van der Waals surface area contributed by atoms with Crippen LogP contribution in [0.1, 0.15) is 61.3 Å². The zero-order valence-corrected chi connectivity index (χ0v) is 24.0. The number of benzene rings is 3. The molecular weight excluding hydrogens is 530 g/mol. The van der Waals surface area contributed by atoms with Crippen LogP contribution in [0.15, 0.2) is 79.0 Å². The number of para-hydroxylation sites is 1. The standard InChI is InChI=1S/C34H37N3O5/c1-42-29-11-7-10-25(20-29)18-19-36(33(39)22-27-23-35-31-13-6-5-12-30(27)31)34(26-14-16-28(17-15-26)37(40)41)32(38)21-24-8-3-2-4-9-24/h5-7,10-17,20,23-24,34-35H,2-4,8-9,18-19,21-22H2,1H3. The van der Waals surface area contributed by atoms with Gasteiger partial charge in [-0.2, -0.15) is 0 Å². The average Bonchev–Trinajstić information content (AvgIpc) is 3.42. The summed E-state index contributed by atoms with van der Waals surface area (Å²) < 4.78 is 5.40. The highest BCUT2D eigenvalue weighted by Gasteiger charge is 2.33. The number of aromatic amines is 1. The Morgan fingerprint density at radius 2 is 1.79 bits per heavy atom. The second kappa shape index (κ2) is 13.5. The molecule has 1 aromatic heterocycles. The van der Waals surface area contributed by atoms with Crippen molar-refractivity contribution in [2.45, 2.75) is 57.4 Å². The van der Waals surface area contributed by atoms with E-state index in [0.717, 1.165) is 53.5 Å². The number of methoxy groups -OCH3 is 1. The van der Waals surface area contributed by atoms with Gasteiger partial charge in [-0.15, -0.1) is 0 Å². The minimum atomic E-state index is -0.837. The molecule has 0 spiro atoms. The number of amides is 1. The van der Waals surface area contributed by atoms with Crippen LogP contribution in [0, 0.1) is 16.0 Å². The Labute approximate surface area is 245 Å². The fourth-order valence-corrected chi connectivity index (χ4v) is 6.12. The number of non-ortho nitro benzene ring substituents is 1. The van der Waals surface area contributed by atoms with E-state index in [1.165, 1.54) is 18.6 Å². The maximum Gasteiger partial charge on any atom is 0.269 e. The fraction of sp³-hybridized carbons (Fsp3) is 0.353. The molecule has 1 unspecified atom stereocenters. The van der Waals surface area contributed by atoms with Crippen LogP contribution in [0.25, 0.3) is 10.9 Å². The van der Waals surface area contributed by atoms with Gasteiger partial charge >= 0.3 is 0 Å². The molecule has 0 aliphatic heterocycles. The molecule has 8 heteroatoms. The number of nitrogens with zero attached hydrogens (tertiary/aromatic N) is 2. The van der Waals surface area contributed by atoms with E-state index in [0.29, 0.717) is 24.9 Å². The van der Waals surface area contributed by atoms with Crippen LogP contribution in [0.3, 0.4) is 0 Å². The van der Waals surface area contributed by atoms with Crippen LogP contribution in [-0.4, -0.2) is 40.2 Å². The van der Waals surface area contributed by atoms with Gasteiger partial charge in [0, 0.05) is 42.2 Å². The maximum atomic E-state index is 14.2. The van der Waals surface area contributed by atoms with Gasteiger partial charge in [0.2, 0.25) is 5.91 Å². The molecule has 3 aromatic carbocycles. The first-order valence-electron chi connectivity index (χ1n) is 14.7. The maximum absolute atomic E-state index is 14.2. The lowest BCUT2D eigenvalue weighted by Crippen LogP contribution is -2.41. The van der Waals surface area contributed by atoms with Gasteiger partial charge in [-0.05, 0) is 59.4 Å². The van der Waals surface area contributed by atoms with Gasteiger partial charge in [0.25, 0.3) is 5.69 Å². The third kappa shape index (κ3) is 6.87. The van der Waals surface area contributed by atoms with Crippen molar-refractivity contribution in [2.24, 2.45) is 5.92 Å². The first kappa shape index (κ1) is 29.0. The zero-order chi connectivity index (χ0) is 29.5. The predicted octanol–water partition coefficient (Wildman–Crippen LogP) is 6.98. The van der Waals surface area contributed by atoms with Crippen molar-refractivity contribution in [3.63, 3.8) is 0 Å². The summed E-state index contributed by atoms with van der Waals surface area (Å²) >= 11 is 0. The first-order chi connectivity index (χ1) is 20.4. The molecule has 4 aromatic rings. The number of nitrogens with one attached hydrogen (secondary N) is 1. The lowest BCUT2D eigenvalue weighted by molar-refractivity contribution is -0.384. The summed E-state index contributed by atoms with van der Waals surface area (Å²) in [6.07, 6.45) is 8.31. The van der Waals surface area contributed by atoms with Gasteiger partial charge in [0.1, 0.15) is 11.8 Å². The van der Waals surface area contributed by atoms with Crippen LogP contribution in [-0.2, 0) is 22.4 Å². The lowest BCUT2D eigenvalue weighted by atomic mass is 9.83. The van der Waals surface area contributed by atoms with Crippen LogP contribution in [0.2, 0.25) is 0 Å². The number of aromatic nitrogens is 1. The van der Waals surface area contributed by atoms with Gasteiger partial charge in [-0.3, -0.25) is 19.7 Å². The van der Waals surface area contributed by atoms with Gasteiger partial charge in [0.05, 0.1) is 18.5 Å². The van der Waals surface area contributed by atoms with Crippen LogP contribution in [0.4, 0.5) is 5.69 Å². The van der Waals surface area contributed by atoms with Crippen LogP contribution < -0.4 is 4.74 Å². The molecule has 0 bridgehead atoms. The van der Waals surface area contributed by atoms with E-state index in [1.54, 1.807) is 24.1 Å². The highest BCUT2D eigenvalue weighted by atomic mass is 16.6. The molecule has 1 aliphatic carbocycles. The normalized spacial score (nSPS) is 14.4. The van der Waals surface area contributed by atoms with Crippen molar-refractivity contribution in [1.29, 1.82) is 0 Å². The number of rotatable bonds is 12. The molecule has 5 rings (SSSR count).